The molecule has 3 aromatic rings. The second-order valence-corrected chi connectivity index (χ2v) is 5.17. The molecule has 106 valence electrons. The van der Waals surface area contributed by atoms with Crippen LogP contribution >= 0.6 is 0 Å². The van der Waals surface area contributed by atoms with Gasteiger partial charge in [-0.3, -0.25) is 4.98 Å². The Morgan fingerprint density at radius 2 is 1.81 bits per heavy atom. The number of hydrogen-bond acceptors (Lipinski definition) is 4. The zero-order valence-electron chi connectivity index (χ0n) is 12.5. The second kappa shape index (κ2) is 5.58. The van der Waals surface area contributed by atoms with Crippen LogP contribution in [0.15, 0.2) is 42.6 Å². The van der Waals surface area contributed by atoms with Gasteiger partial charge in [0, 0.05) is 11.6 Å². The van der Waals surface area contributed by atoms with Gasteiger partial charge in [0.05, 0.1) is 22.9 Å². The van der Waals surface area contributed by atoms with Crippen LogP contribution in [0.1, 0.15) is 28.6 Å². The number of aryl methyl sites for hydroxylation is 2. The zero-order valence-corrected chi connectivity index (χ0v) is 12.5. The molecule has 0 aliphatic rings. The maximum atomic E-state index is 4.55. The normalized spacial score (nSPS) is 12.5. The smallest absolute Gasteiger partial charge is 0.0753 e. The van der Waals surface area contributed by atoms with E-state index in [2.05, 4.69) is 50.8 Å². The molecule has 0 fully saturated rings. The van der Waals surface area contributed by atoms with Gasteiger partial charge in [0.15, 0.2) is 0 Å². The summed E-state index contributed by atoms with van der Waals surface area (Å²) in [7, 11) is 1.96. The van der Waals surface area contributed by atoms with Crippen LogP contribution in [0.2, 0.25) is 0 Å². The van der Waals surface area contributed by atoms with Gasteiger partial charge in [0.2, 0.25) is 0 Å². The Labute approximate surface area is 124 Å². The van der Waals surface area contributed by atoms with E-state index in [-0.39, 0.29) is 6.04 Å². The van der Waals surface area contributed by atoms with Crippen LogP contribution in [0.25, 0.3) is 10.9 Å². The summed E-state index contributed by atoms with van der Waals surface area (Å²) in [6.07, 6.45) is 1.83. The van der Waals surface area contributed by atoms with Gasteiger partial charge in [-0.15, -0.1) is 0 Å². The fraction of sp³-hybridized carbons (Fsp3) is 0.235. The minimum absolute atomic E-state index is 0.0535. The minimum atomic E-state index is 0.0535. The fourth-order valence-electron chi connectivity index (χ4n) is 2.70. The van der Waals surface area contributed by atoms with Crippen molar-refractivity contribution in [2.24, 2.45) is 0 Å². The topological polar surface area (TPSA) is 50.7 Å². The number of benzene rings is 1. The van der Waals surface area contributed by atoms with Gasteiger partial charge in [-0.05, 0) is 44.2 Å². The fourth-order valence-corrected chi connectivity index (χ4v) is 2.70. The average Bonchev–Trinajstić information content (AvgIpc) is 2.51. The molecule has 21 heavy (non-hydrogen) atoms. The van der Waals surface area contributed by atoms with Crippen molar-refractivity contribution in [2.45, 2.75) is 19.9 Å². The molecule has 2 aromatic heterocycles. The molecule has 3 rings (SSSR count). The SMILES string of the molecule is CNC(c1cc(C)nnc1C)c1cccc2cccnc12. The van der Waals surface area contributed by atoms with Crippen molar-refractivity contribution in [3.63, 3.8) is 0 Å². The lowest BCUT2D eigenvalue weighted by atomic mass is 9.95. The summed E-state index contributed by atoms with van der Waals surface area (Å²) in [5, 5.41) is 12.9. The minimum Gasteiger partial charge on any atom is -0.309 e. The predicted octanol–water partition coefficient (Wildman–Crippen LogP) is 2.95. The number of nitrogens with zero attached hydrogens (tertiary/aromatic N) is 3. The molecule has 1 aromatic carbocycles. The summed E-state index contributed by atoms with van der Waals surface area (Å²) in [5.74, 6) is 0. The number of aromatic nitrogens is 3. The predicted molar refractivity (Wildman–Crippen MR) is 84.2 cm³/mol. The summed E-state index contributed by atoms with van der Waals surface area (Å²) in [4.78, 5) is 4.55. The lowest BCUT2D eigenvalue weighted by Gasteiger charge is -2.20. The van der Waals surface area contributed by atoms with Crippen LogP contribution in [0.5, 0.6) is 0 Å². The first-order valence-electron chi connectivity index (χ1n) is 7.02. The summed E-state index contributed by atoms with van der Waals surface area (Å²) >= 11 is 0. The van der Waals surface area contributed by atoms with Crippen LogP contribution in [0.3, 0.4) is 0 Å². The van der Waals surface area contributed by atoms with Gasteiger partial charge in [-0.2, -0.15) is 10.2 Å². The maximum absolute atomic E-state index is 4.55. The van der Waals surface area contributed by atoms with E-state index in [9.17, 15) is 0 Å². The Morgan fingerprint density at radius 1 is 1.00 bits per heavy atom. The molecule has 4 nitrogen and oxygen atoms in total. The number of pyridine rings is 1. The van der Waals surface area contributed by atoms with Crippen molar-refractivity contribution in [1.82, 2.24) is 20.5 Å². The van der Waals surface area contributed by atoms with E-state index in [0.29, 0.717) is 0 Å². The van der Waals surface area contributed by atoms with Crippen molar-refractivity contribution in [1.29, 1.82) is 0 Å². The van der Waals surface area contributed by atoms with E-state index in [1.54, 1.807) is 0 Å². The summed E-state index contributed by atoms with van der Waals surface area (Å²) in [6, 6.07) is 12.5. The summed E-state index contributed by atoms with van der Waals surface area (Å²) < 4.78 is 0. The lowest BCUT2D eigenvalue weighted by Crippen LogP contribution is -2.20. The van der Waals surface area contributed by atoms with E-state index >= 15 is 0 Å². The highest BCUT2D eigenvalue weighted by Gasteiger charge is 2.18. The van der Waals surface area contributed by atoms with Crippen molar-refractivity contribution >= 4 is 10.9 Å². The first kappa shape index (κ1) is 13.6. The van der Waals surface area contributed by atoms with Gasteiger partial charge < -0.3 is 5.32 Å². The van der Waals surface area contributed by atoms with E-state index < -0.39 is 0 Å². The first-order valence-corrected chi connectivity index (χ1v) is 7.02. The highest BCUT2D eigenvalue weighted by Crippen LogP contribution is 2.28. The standard InChI is InChI=1S/C17H18N4/c1-11-10-15(12(2)21-20-11)17(18-3)14-8-4-6-13-7-5-9-19-16(13)14/h4-10,17-18H,1-3H3. The van der Waals surface area contributed by atoms with Crippen molar-refractivity contribution in [2.75, 3.05) is 7.05 Å². The number of hydrogen-bond donors (Lipinski definition) is 1. The molecule has 2 heterocycles. The third-order valence-corrected chi connectivity index (χ3v) is 3.71. The third kappa shape index (κ3) is 2.50. The molecule has 0 bridgehead atoms. The summed E-state index contributed by atoms with van der Waals surface area (Å²) in [6.45, 7) is 3.95. The second-order valence-electron chi connectivity index (χ2n) is 5.17. The van der Waals surface area contributed by atoms with E-state index in [0.717, 1.165) is 33.4 Å². The quantitative estimate of drug-likeness (QED) is 0.800. The van der Waals surface area contributed by atoms with Crippen LogP contribution < -0.4 is 5.32 Å². The third-order valence-electron chi connectivity index (χ3n) is 3.71. The Kier molecular flexibility index (Phi) is 3.62. The molecule has 1 N–H and O–H groups in total. The number of rotatable bonds is 3. The molecule has 0 spiro atoms. The number of nitrogens with one attached hydrogen (secondary N) is 1. The molecule has 0 saturated carbocycles. The largest absolute Gasteiger partial charge is 0.309 e. The van der Waals surface area contributed by atoms with Crippen LogP contribution in [0.4, 0.5) is 0 Å². The molecule has 1 unspecified atom stereocenters. The van der Waals surface area contributed by atoms with Gasteiger partial charge >= 0.3 is 0 Å². The maximum Gasteiger partial charge on any atom is 0.0753 e. The molecular weight excluding hydrogens is 260 g/mol. The molecule has 0 amide bonds. The molecule has 1 atom stereocenters. The van der Waals surface area contributed by atoms with Crippen LogP contribution in [0, 0.1) is 13.8 Å². The number of fused-ring (bicyclic) bond motifs is 1. The highest BCUT2D eigenvalue weighted by atomic mass is 15.1. The molecule has 0 aliphatic carbocycles. The monoisotopic (exact) mass is 278 g/mol. The number of para-hydroxylation sites is 1. The first-order chi connectivity index (χ1) is 10.2. The molecule has 0 saturated heterocycles. The molecule has 0 aliphatic heterocycles. The Morgan fingerprint density at radius 3 is 2.62 bits per heavy atom. The highest BCUT2D eigenvalue weighted by molar-refractivity contribution is 5.82. The molecular formula is C17H18N4. The van der Waals surface area contributed by atoms with Crippen molar-refractivity contribution in [3.05, 3.63) is 65.1 Å². The Hall–Kier alpha value is -2.33. The molecule has 4 heteroatoms. The van der Waals surface area contributed by atoms with Crippen molar-refractivity contribution < 1.29 is 0 Å². The lowest BCUT2D eigenvalue weighted by molar-refractivity contribution is 0.679. The van der Waals surface area contributed by atoms with Gasteiger partial charge in [0.25, 0.3) is 0 Å². The van der Waals surface area contributed by atoms with Gasteiger partial charge in [0.1, 0.15) is 0 Å². The van der Waals surface area contributed by atoms with Crippen LogP contribution in [-0.2, 0) is 0 Å². The van der Waals surface area contributed by atoms with Crippen molar-refractivity contribution in [3.8, 4) is 0 Å². The van der Waals surface area contributed by atoms with Gasteiger partial charge in [-0.25, -0.2) is 0 Å². The Balaban J connectivity index is 2.21. The zero-order chi connectivity index (χ0) is 14.8. The average molecular weight is 278 g/mol. The summed E-state index contributed by atoms with van der Waals surface area (Å²) in [5.41, 5.74) is 5.18. The Bertz CT molecular complexity index is 777. The van der Waals surface area contributed by atoms with E-state index in [1.807, 2.05) is 33.2 Å². The molecule has 0 radical (unpaired) electrons. The van der Waals surface area contributed by atoms with E-state index in [4.69, 9.17) is 0 Å². The van der Waals surface area contributed by atoms with Crippen LogP contribution in [-0.4, -0.2) is 22.2 Å². The van der Waals surface area contributed by atoms with Gasteiger partial charge in [-0.1, -0.05) is 24.3 Å². The van der Waals surface area contributed by atoms with E-state index in [1.165, 1.54) is 0 Å².